The summed E-state index contributed by atoms with van der Waals surface area (Å²) < 4.78 is 0. The second-order valence-electron chi connectivity index (χ2n) is 2.85. The monoisotopic (exact) mass is 150 g/mol. The van der Waals surface area contributed by atoms with Crippen molar-refractivity contribution in [3.8, 4) is 0 Å². The third kappa shape index (κ3) is 1.64. The summed E-state index contributed by atoms with van der Waals surface area (Å²) in [6.07, 6.45) is 4.04. The van der Waals surface area contributed by atoms with Gasteiger partial charge in [-0.15, -0.1) is 0 Å². The maximum Gasteiger partial charge on any atom is 0.182 e. The van der Waals surface area contributed by atoms with Crippen molar-refractivity contribution >= 4 is 11.6 Å². The quantitative estimate of drug-likeness (QED) is 0.527. The van der Waals surface area contributed by atoms with Crippen molar-refractivity contribution in [3.63, 3.8) is 0 Å². The zero-order valence-corrected chi connectivity index (χ0v) is 6.63. The van der Waals surface area contributed by atoms with E-state index in [1.165, 1.54) is 18.2 Å². The minimum atomic E-state index is -0.0895. The van der Waals surface area contributed by atoms with E-state index in [2.05, 4.69) is 0 Å². The SMILES string of the molecule is CC(C)C1=CC(=O)C=CC1=O. The van der Waals surface area contributed by atoms with E-state index in [0.717, 1.165) is 0 Å². The molecule has 1 aliphatic carbocycles. The molecule has 0 aromatic heterocycles. The lowest BCUT2D eigenvalue weighted by atomic mass is 9.94. The number of carbonyl (C=O) groups excluding carboxylic acids is 2. The van der Waals surface area contributed by atoms with E-state index < -0.39 is 0 Å². The largest absolute Gasteiger partial charge is 0.290 e. The molecule has 11 heavy (non-hydrogen) atoms. The Morgan fingerprint density at radius 1 is 1.18 bits per heavy atom. The number of allylic oxidation sites excluding steroid dienone is 4. The first-order valence-electron chi connectivity index (χ1n) is 3.59. The Balaban J connectivity index is 2.94. The predicted molar refractivity (Wildman–Crippen MR) is 42.1 cm³/mol. The summed E-state index contributed by atoms with van der Waals surface area (Å²) in [6.45, 7) is 3.80. The summed E-state index contributed by atoms with van der Waals surface area (Å²) in [5.41, 5.74) is 0.609. The Hall–Kier alpha value is -1.18. The second-order valence-corrected chi connectivity index (χ2v) is 2.85. The van der Waals surface area contributed by atoms with Gasteiger partial charge in [0.25, 0.3) is 0 Å². The molecule has 0 aromatic rings. The summed E-state index contributed by atoms with van der Waals surface area (Å²) in [6, 6.07) is 0. The average molecular weight is 150 g/mol. The summed E-state index contributed by atoms with van der Waals surface area (Å²) in [5.74, 6) is 0.00398. The number of hydrogen-bond acceptors (Lipinski definition) is 2. The van der Waals surface area contributed by atoms with E-state index >= 15 is 0 Å². The molecule has 0 N–H and O–H groups in total. The summed E-state index contributed by atoms with van der Waals surface area (Å²) in [4.78, 5) is 21.9. The topological polar surface area (TPSA) is 34.1 Å². The molecule has 0 spiro atoms. The van der Waals surface area contributed by atoms with Crippen molar-refractivity contribution < 1.29 is 9.59 Å². The van der Waals surface area contributed by atoms with Crippen LogP contribution in [0.1, 0.15) is 13.8 Å². The Bertz CT molecular complexity index is 257. The van der Waals surface area contributed by atoms with Crippen molar-refractivity contribution in [1.82, 2.24) is 0 Å². The van der Waals surface area contributed by atoms with E-state index in [0.29, 0.717) is 5.57 Å². The number of rotatable bonds is 1. The lowest BCUT2D eigenvalue weighted by Crippen LogP contribution is -2.11. The predicted octanol–water partition coefficient (Wildman–Crippen LogP) is 1.28. The van der Waals surface area contributed by atoms with Gasteiger partial charge in [0.05, 0.1) is 0 Å². The highest BCUT2D eigenvalue weighted by Gasteiger charge is 2.15. The van der Waals surface area contributed by atoms with Gasteiger partial charge in [-0.25, -0.2) is 0 Å². The molecule has 1 rings (SSSR count). The van der Waals surface area contributed by atoms with Crippen LogP contribution in [0.4, 0.5) is 0 Å². The molecule has 0 saturated carbocycles. The van der Waals surface area contributed by atoms with E-state index in [9.17, 15) is 9.59 Å². The Kier molecular flexibility index (Phi) is 2.03. The van der Waals surface area contributed by atoms with E-state index in [1.807, 2.05) is 13.8 Å². The summed E-state index contributed by atoms with van der Waals surface area (Å²) in [7, 11) is 0. The van der Waals surface area contributed by atoms with Gasteiger partial charge in [0.15, 0.2) is 11.6 Å². The lowest BCUT2D eigenvalue weighted by Gasteiger charge is -2.08. The van der Waals surface area contributed by atoms with Crippen LogP contribution in [-0.4, -0.2) is 11.6 Å². The van der Waals surface area contributed by atoms with Crippen LogP contribution in [0.25, 0.3) is 0 Å². The number of carbonyl (C=O) groups is 2. The fourth-order valence-electron chi connectivity index (χ4n) is 0.978. The lowest BCUT2D eigenvalue weighted by molar-refractivity contribution is -0.114. The van der Waals surface area contributed by atoms with E-state index in [4.69, 9.17) is 0 Å². The Labute approximate surface area is 65.6 Å². The van der Waals surface area contributed by atoms with Crippen LogP contribution in [-0.2, 0) is 9.59 Å². The number of hydrogen-bond donors (Lipinski definition) is 0. The van der Waals surface area contributed by atoms with Gasteiger partial charge >= 0.3 is 0 Å². The molecule has 0 saturated heterocycles. The first kappa shape index (κ1) is 7.92. The molecular formula is C9H10O2. The van der Waals surface area contributed by atoms with Crippen LogP contribution in [0.5, 0.6) is 0 Å². The van der Waals surface area contributed by atoms with Gasteiger partial charge in [0, 0.05) is 5.57 Å². The Morgan fingerprint density at radius 2 is 1.82 bits per heavy atom. The van der Waals surface area contributed by atoms with Gasteiger partial charge in [0.1, 0.15) is 0 Å². The van der Waals surface area contributed by atoms with Crippen molar-refractivity contribution in [1.29, 1.82) is 0 Å². The van der Waals surface area contributed by atoms with Gasteiger partial charge in [-0.05, 0) is 24.1 Å². The molecular weight excluding hydrogens is 140 g/mol. The van der Waals surface area contributed by atoms with Crippen LogP contribution >= 0.6 is 0 Å². The molecule has 0 atom stereocenters. The molecule has 2 nitrogen and oxygen atoms in total. The fraction of sp³-hybridized carbons (Fsp3) is 0.333. The van der Waals surface area contributed by atoms with Crippen molar-refractivity contribution in [3.05, 3.63) is 23.8 Å². The first-order chi connectivity index (χ1) is 5.11. The van der Waals surface area contributed by atoms with Gasteiger partial charge in [-0.3, -0.25) is 9.59 Å². The highest BCUT2D eigenvalue weighted by Crippen LogP contribution is 2.14. The zero-order chi connectivity index (χ0) is 8.43. The molecule has 58 valence electrons. The minimum absolute atomic E-state index is 0.0420. The van der Waals surface area contributed by atoms with Gasteiger partial charge in [0.2, 0.25) is 0 Å². The van der Waals surface area contributed by atoms with Crippen molar-refractivity contribution in [2.24, 2.45) is 5.92 Å². The maximum absolute atomic E-state index is 11.1. The maximum atomic E-state index is 11.1. The third-order valence-electron chi connectivity index (χ3n) is 1.60. The Morgan fingerprint density at radius 3 is 2.27 bits per heavy atom. The molecule has 0 heterocycles. The highest BCUT2D eigenvalue weighted by atomic mass is 16.1. The molecule has 0 aromatic carbocycles. The van der Waals surface area contributed by atoms with Crippen LogP contribution in [0, 0.1) is 5.92 Å². The van der Waals surface area contributed by atoms with Gasteiger partial charge < -0.3 is 0 Å². The normalized spacial score (nSPS) is 17.5. The van der Waals surface area contributed by atoms with Crippen molar-refractivity contribution in [2.75, 3.05) is 0 Å². The van der Waals surface area contributed by atoms with Crippen LogP contribution in [0.2, 0.25) is 0 Å². The average Bonchev–Trinajstić information content (AvgIpc) is 1.94. The second kappa shape index (κ2) is 2.82. The van der Waals surface area contributed by atoms with Crippen LogP contribution in [0.3, 0.4) is 0 Å². The standard InChI is InChI=1S/C9H10O2/c1-6(2)8-5-7(10)3-4-9(8)11/h3-6H,1-2H3. The minimum Gasteiger partial charge on any atom is -0.290 e. The number of ketones is 2. The van der Waals surface area contributed by atoms with E-state index in [1.54, 1.807) is 0 Å². The van der Waals surface area contributed by atoms with Crippen molar-refractivity contribution in [2.45, 2.75) is 13.8 Å². The summed E-state index contributed by atoms with van der Waals surface area (Å²) in [5, 5.41) is 0. The summed E-state index contributed by atoms with van der Waals surface area (Å²) >= 11 is 0. The molecule has 1 aliphatic rings. The molecule has 0 fully saturated rings. The third-order valence-corrected chi connectivity index (χ3v) is 1.60. The fourth-order valence-corrected chi connectivity index (χ4v) is 0.978. The molecule has 0 unspecified atom stereocenters. The smallest absolute Gasteiger partial charge is 0.182 e. The van der Waals surface area contributed by atoms with Crippen LogP contribution < -0.4 is 0 Å². The molecule has 0 radical (unpaired) electrons. The molecule has 0 bridgehead atoms. The van der Waals surface area contributed by atoms with Gasteiger partial charge in [-0.1, -0.05) is 13.8 Å². The van der Waals surface area contributed by atoms with Gasteiger partial charge in [-0.2, -0.15) is 0 Å². The molecule has 0 aliphatic heterocycles. The zero-order valence-electron chi connectivity index (χ0n) is 6.63. The van der Waals surface area contributed by atoms with E-state index in [-0.39, 0.29) is 17.5 Å². The van der Waals surface area contributed by atoms with Crippen LogP contribution in [0.15, 0.2) is 23.8 Å². The highest BCUT2D eigenvalue weighted by molar-refractivity contribution is 6.17. The molecule has 2 heteroatoms. The molecule has 0 amide bonds. The first-order valence-corrected chi connectivity index (χ1v) is 3.59.